The van der Waals surface area contributed by atoms with Gasteiger partial charge in [0, 0.05) is 12.4 Å². The van der Waals surface area contributed by atoms with Gasteiger partial charge in [-0.1, -0.05) is 12.0 Å². The van der Waals surface area contributed by atoms with Crippen LogP contribution in [0.3, 0.4) is 0 Å². The smallest absolute Gasteiger partial charge is 0.223 e. The third kappa shape index (κ3) is 3.17. The van der Waals surface area contributed by atoms with Crippen LogP contribution >= 0.6 is 11.3 Å². The van der Waals surface area contributed by atoms with Crippen LogP contribution in [-0.4, -0.2) is 35.5 Å². The fourth-order valence-electron chi connectivity index (χ4n) is 2.30. The molecule has 1 fully saturated rings. The summed E-state index contributed by atoms with van der Waals surface area (Å²) < 4.78 is 19.5. The normalized spacial score (nSPS) is 25.0. The van der Waals surface area contributed by atoms with E-state index in [0.29, 0.717) is 19.8 Å². The summed E-state index contributed by atoms with van der Waals surface area (Å²) in [6.07, 6.45) is 10.4. The topological polar surface area (TPSA) is 45.5 Å². The van der Waals surface area contributed by atoms with E-state index < -0.39 is 5.79 Å². The summed E-state index contributed by atoms with van der Waals surface area (Å²) in [6.45, 7) is 1.75. The van der Waals surface area contributed by atoms with Crippen LogP contribution in [0.4, 0.5) is 0 Å². The number of ether oxygens (including phenoxy) is 3. The Balaban J connectivity index is 1.74. The molecule has 0 radical (unpaired) electrons. The number of imidazole rings is 1. The predicted molar refractivity (Wildman–Crippen MR) is 78.7 cm³/mol. The standard InChI is InChI=1S/C15H16N2O3S/c1-2-7-18-9-13-10-19-15(20-13,14-4-3-8-21-14)11-17-6-5-16-12-17/h1,3-6,8,12-13H,7,9-11H2. The molecule has 6 heteroatoms. The summed E-state index contributed by atoms with van der Waals surface area (Å²) in [4.78, 5) is 5.10. The molecular weight excluding hydrogens is 288 g/mol. The van der Waals surface area contributed by atoms with Crippen molar-refractivity contribution < 1.29 is 14.2 Å². The molecule has 110 valence electrons. The molecule has 1 aliphatic heterocycles. The Morgan fingerprint density at radius 2 is 2.57 bits per heavy atom. The number of hydrogen-bond donors (Lipinski definition) is 0. The zero-order valence-corrected chi connectivity index (χ0v) is 12.3. The van der Waals surface area contributed by atoms with Crippen molar-refractivity contribution in [2.75, 3.05) is 19.8 Å². The van der Waals surface area contributed by atoms with E-state index >= 15 is 0 Å². The second-order valence-corrected chi connectivity index (χ2v) is 5.68. The van der Waals surface area contributed by atoms with Crippen LogP contribution in [0, 0.1) is 12.3 Å². The molecule has 0 aliphatic carbocycles. The summed E-state index contributed by atoms with van der Waals surface area (Å²) in [5.74, 6) is 1.67. The molecule has 1 aliphatic rings. The SMILES string of the molecule is C#CCOCC1COC(Cn2ccnc2)(c2cccs2)O1. The molecule has 0 aromatic carbocycles. The van der Waals surface area contributed by atoms with Crippen molar-refractivity contribution in [3.05, 3.63) is 41.1 Å². The Morgan fingerprint density at radius 3 is 3.29 bits per heavy atom. The number of hydrogen-bond acceptors (Lipinski definition) is 5. The molecule has 0 bridgehead atoms. The molecule has 2 unspecified atom stereocenters. The van der Waals surface area contributed by atoms with Crippen molar-refractivity contribution in [3.63, 3.8) is 0 Å². The van der Waals surface area contributed by atoms with E-state index in [-0.39, 0.29) is 12.7 Å². The van der Waals surface area contributed by atoms with E-state index in [0.717, 1.165) is 4.88 Å². The van der Waals surface area contributed by atoms with Crippen LogP contribution in [0.25, 0.3) is 0 Å². The molecule has 2 aromatic heterocycles. The highest BCUT2D eigenvalue weighted by molar-refractivity contribution is 7.10. The van der Waals surface area contributed by atoms with Gasteiger partial charge in [0.2, 0.25) is 5.79 Å². The van der Waals surface area contributed by atoms with E-state index in [2.05, 4.69) is 10.9 Å². The number of aromatic nitrogens is 2. The van der Waals surface area contributed by atoms with Crippen molar-refractivity contribution >= 4 is 11.3 Å². The number of terminal acetylenes is 1. The maximum Gasteiger partial charge on any atom is 0.223 e. The van der Waals surface area contributed by atoms with Gasteiger partial charge in [-0.05, 0) is 11.4 Å². The molecule has 2 aromatic rings. The molecule has 21 heavy (non-hydrogen) atoms. The van der Waals surface area contributed by atoms with Gasteiger partial charge in [0.25, 0.3) is 0 Å². The van der Waals surface area contributed by atoms with E-state index in [1.807, 2.05) is 28.3 Å². The molecule has 3 rings (SSSR count). The second-order valence-electron chi connectivity index (χ2n) is 4.74. The maximum absolute atomic E-state index is 6.16. The van der Waals surface area contributed by atoms with Gasteiger partial charge < -0.3 is 18.8 Å². The van der Waals surface area contributed by atoms with Crippen LogP contribution in [0.15, 0.2) is 36.2 Å². The Hall–Kier alpha value is -1.65. The quantitative estimate of drug-likeness (QED) is 0.604. The lowest BCUT2D eigenvalue weighted by Crippen LogP contribution is -2.33. The van der Waals surface area contributed by atoms with Crippen molar-refractivity contribution in [1.29, 1.82) is 0 Å². The summed E-state index contributed by atoms with van der Waals surface area (Å²) in [6, 6.07) is 4.01. The molecular formula is C15H16N2O3S. The van der Waals surface area contributed by atoms with Gasteiger partial charge in [0.05, 0.1) is 31.0 Å². The monoisotopic (exact) mass is 304 g/mol. The van der Waals surface area contributed by atoms with Crippen LogP contribution in [-0.2, 0) is 26.5 Å². The molecule has 0 spiro atoms. The summed E-state index contributed by atoms with van der Waals surface area (Å²) in [5.41, 5.74) is 0. The van der Waals surface area contributed by atoms with Crippen LogP contribution in [0.2, 0.25) is 0 Å². The van der Waals surface area contributed by atoms with Gasteiger partial charge in [-0.3, -0.25) is 0 Å². The molecule has 1 saturated heterocycles. The number of rotatable bonds is 6. The van der Waals surface area contributed by atoms with E-state index in [4.69, 9.17) is 20.6 Å². The zero-order valence-electron chi connectivity index (χ0n) is 11.5. The van der Waals surface area contributed by atoms with Crippen LogP contribution in [0.5, 0.6) is 0 Å². The van der Waals surface area contributed by atoms with Gasteiger partial charge in [-0.2, -0.15) is 0 Å². The molecule has 5 nitrogen and oxygen atoms in total. The highest BCUT2D eigenvalue weighted by Crippen LogP contribution is 2.38. The Labute approximate surface area is 127 Å². The average Bonchev–Trinajstić information content (AvgIpc) is 3.20. The fourth-order valence-corrected chi connectivity index (χ4v) is 3.11. The van der Waals surface area contributed by atoms with E-state index in [1.54, 1.807) is 23.9 Å². The lowest BCUT2D eigenvalue weighted by molar-refractivity contribution is -0.188. The van der Waals surface area contributed by atoms with Gasteiger partial charge in [0.1, 0.15) is 12.7 Å². The van der Waals surface area contributed by atoms with Crippen LogP contribution < -0.4 is 0 Å². The van der Waals surface area contributed by atoms with E-state index in [9.17, 15) is 0 Å². The third-order valence-electron chi connectivity index (χ3n) is 3.20. The number of thiophene rings is 1. The number of nitrogens with zero attached hydrogens (tertiary/aromatic N) is 2. The molecule has 0 amide bonds. The zero-order chi connectivity index (χ0) is 14.5. The van der Waals surface area contributed by atoms with Gasteiger partial charge in [0.15, 0.2) is 0 Å². The van der Waals surface area contributed by atoms with Gasteiger partial charge >= 0.3 is 0 Å². The minimum Gasteiger partial charge on any atom is -0.366 e. The summed E-state index contributed by atoms with van der Waals surface area (Å²) in [7, 11) is 0. The van der Waals surface area contributed by atoms with Crippen molar-refractivity contribution in [1.82, 2.24) is 9.55 Å². The first-order valence-electron chi connectivity index (χ1n) is 6.65. The Bertz CT molecular complexity index is 591. The van der Waals surface area contributed by atoms with Crippen molar-refractivity contribution in [2.45, 2.75) is 18.4 Å². The summed E-state index contributed by atoms with van der Waals surface area (Å²) in [5, 5.41) is 2.01. The minimum absolute atomic E-state index is 0.121. The average molecular weight is 304 g/mol. The Morgan fingerprint density at radius 1 is 1.62 bits per heavy atom. The molecule has 0 N–H and O–H groups in total. The Kier molecular flexibility index (Phi) is 4.36. The lowest BCUT2D eigenvalue weighted by Gasteiger charge is -2.27. The fraction of sp³-hybridized carbons (Fsp3) is 0.400. The highest BCUT2D eigenvalue weighted by Gasteiger charge is 2.44. The third-order valence-corrected chi connectivity index (χ3v) is 4.19. The van der Waals surface area contributed by atoms with Gasteiger partial charge in [-0.15, -0.1) is 17.8 Å². The van der Waals surface area contributed by atoms with Crippen LogP contribution in [0.1, 0.15) is 4.88 Å². The predicted octanol–water partition coefficient (Wildman–Crippen LogP) is 1.86. The molecule has 3 heterocycles. The first-order chi connectivity index (χ1) is 10.3. The van der Waals surface area contributed by atoms with Gasteiger partial charge in [-0.25, -0.2) is 4.98 Å². The maximum atomic E-state index is 6.16. The van der Waals surface area contributed by atoms with Crippen molar-refractivity contribution in [3.8, 4) is 12.3 Å². The van der Waals surface area contributed by atoms with Crippen molar-refractivity contribution in [2.24, 2.45) is 0 Å². The largest absolute Gasteiger partial charge is 0.366 e. The first kappa shape index (κ1) is 14.3. The first-order valence-corrected chi connectivity index (χ1v) is 7.53. The van der Waals surface area contributed by atoms with E-state index in [1.165, 1.54) is 0 Å². The highest BCUT2D eigenvalue weighted by atomic mass is 32.1. The molecule has 2 atom stereocenters. The summed E-state index contributed by atoms with van der Waals surface area (Å²) >= 11 is 1.61. The second kappa shape index (κ2) is 6.41. The lowest BCUT2D eigenvalue weighted by atomic mass is 10.2. The molecule has 0 saturated carbocycles. The minimum atomic E-state index is -0.779.